The molecule has 0 saturated heterocycles. The molecular weight excluding hydrogens is 348 g/mol. The van der Waals surface area contributed by atoms with Crippen LogP contribution >= 0.6 is 0 Å². The molecule has 0 bridgehead atoms. The largest absolute Gasteiger partial charge is 0.497 e. The topological polar surface area (TPSA) is 120 Å². The lowest BCUT2D eigenvalue weighted by Crippen LogP contribution is -2.35. The average Bonchev–Trinajstić information content (AvgIpc) is 2.65. The molecule has 8 nitrogen and oxygen atoms in total. The van der Waals surface area contributed by atoms with E-state index >= 15 is 0 Å². The molecule has 1 fully saturated rings. The van der Waals surface area contributed by atoms with Crippen LogP contribution in [-0.4, -0.2) is 40.2 Å². The summed E-state index contributed by atoms with van der Waals surface area (Å²) in [6, 6.07) is 7.08. The maximum absolute atomic E-state index is 11.7. The third-order valence-corrected chi connectivity index (χ3v) is 4.79. The van der Waals surface area contributed by atoms with E-state index in [1.54, 1.807) is 31.4 Å². The Hall–Kier alpha value is -2.87. The van der Waals surface area contributed by atoms with Gasteiger partial charge < -0.3 is 25.6 Å². The number of carbonyl (C=O) groups excluding carboxylic acids is 1. The van der Waals surface area contributed by atoms with Crippen LogP contribution in [-0.2, 0) is 0 Å². The number of anilines is 1. The molecule has 2 aromatic rings. The summed E-state index contributed by atoms with van der Waals surface area (Å²) in [5.74, 6) is 1.19. The molecule has 1 saturated carbocycles. The van der Waals surface area contributed by atoms with E-state index in [4.69, 9.17) is 15.2 Å². The summed E-state index contributed by atoms with van der Waals surface area (Å²) < 4.78 is 10.8. The summed E-state index contributed by atoms with van der Waals surface area (Å²) in [7, 11) is 1.59. The predicted molar refractivity (Wildman–Crippen MR) is 100 cm³/mol. The van der Waals surface area contributed by atoms with Gasteiger partial charge in [0.1, 0.15) is 22.9 Å². The number of methoxy groups -OCH3 is 1. The highest BCUT2D eigenvalue weighted by molar-refractivity contribution is 5.97. The summed E-state index contributed by atoms with van der Waals surface area (Å²) in [4.78, 5) is 20.1. The second-order valence-electron chi connectivity index (χ2n) is 6.76. The molecule has 3 rings (SSSR count). The van der Waals surface area contributed by atoms with Gasteiger partial charge in [0.05, 0.1) is 13.2 Å². The summed E-state index contributed by atoms with van der Waals surface area (Å²) in [6.45, 7) is 2.03. The molecule has 1 aliphatic carbocycles. The van der Waals surface area contributed by atoms with Gasteiger partial charge in [0.25, 0.3) is 5.91 Å². The fourth-order valence-electron chi connectivity index (χ4n) is 3.08. The Balaban J connectivity index is 1.78. The van der Waals surface area contributed by atoms with E-state index in [0.29, 0.717) is 23.7 Å². The maximum Gasteiger partial charge on any atom is 0.323 e. The summed E-state index contributed by atoms with van der Waals surface area (Å²) in [6.07, 6.45) is 3.31. The van der Waals surface area contributed by atoms with E-state index in [1.165, 1.54) is 6.20 Å². The number of ether oxygens (including phenoxy) is 2. The van der Waals surface area contributed by atoms with E-state index in [9.17, 15) is 9.90 Å². The first-order valence-electron chi connectivity index (χ1n) is 8.89. The predicted octanol–water partition coefficient (Wildman–Crippen LogP) is 2.34. The van der Waals surface area contributed by atoms with Crippen molar-refractivity contribution in [2.75, 3.05) is 12.4 Å². The molecule has 1 aromatic carbocycles. The smallest absolute Gasteiger partial charge is 0.323 e. The summed E-state index contributed by atoms with van der Waals surface area (Å²) in [5.41, 5.74) is 5.63. The molecule has 3 atom stereocenters. The number of aromatic nitrogens is 2. The van der Waals surface area contributed by atoms with Crippen molar-refractivity contribution in [3.63, 3.8) is 0 Å². The summed E-state index contributed by atoms with van der Waals surface area (Å²) in [5, 5.41) is 13.3. The molecule has 0 aliphatic heterocycles. The molecule has 144 valence electrons. The SMILES string of the molecule is COc1ccc(Oc2ncc(C(N)=O)c(N[C@@H]3CC[C@@H](C)[C@H](O)C3)n2)cc1. The minimum Gasteiger partial charge on any atom is -0.497 e. The van der Waals surface area contributed by atoms with Gasteiger partial charge in [-0.2, -0.15) is 4.98 Å². The zero-order chi connectivity index (χ0) is 19.4. The van der Waals surface area contributed by atoms with E-state index in [2.05, 4.69) is 15.3 Å². The van der Waals surface area contributed by atoms with Crippen LogP contribution in [0.4, 0.5) is 5.82 Å². The number of hydrogen-bond acceptors (Lipinski definition) is 7. The number of nitrogens with zero attached hydrogens (tertiary/aromatic N) is 2. The Morgan fingerprint density at radius 1 is 1.26 bits per heavy atom. The molecule has 1 amide bonds. The van der Waals surface area contributed by atoms with Crippen LogP contribution in [0.3, 0.4) is 0 Å². The fraction of sp³-hybridized carbons (Fsp3) is 0.421. The van der Waals surface area contributed by atoms with Crippen molar-refractivity contribution in [1.82, 2.24) is 9.97 Å². The first kappa shape index (κ1) is 18.9. The van der Waals surface area contributed by atoms with Crippen molar-refractivity contribution >= 4 is 11.7 Å². The first-order chi connectivity index (χ1) is 13.0. The van der Waals surface area contributed by atoms with Crippen LogP contribution in [0.5, 0.6) is 17.5 Å². The second kappa shape index (κ2) is 8.22. The third-order valence-electron chi connectivity index (χ3n) is 4.79. The number of primary amides is 1. The molecule has 4 N–H and O–H groups in total. The zero-order valence-electron chi connectivity index (χ0n) is 15.4. The molecule has 0 radical (unpaired) electrons. The zero-order valence-corrected chi connectivity index (χ0v) is 15.4. The van der Waals surface area contributed by atoms with Crippen LogP contribution in [0.1, 0.15) is 36.5 Å². The number of nitrogens with one attached hydrogen (secondary N) is 1. The standard InChI is InChI=1S/C19H24N4O4/c1-11-3-4-12(9-16(11)24)22-18-15(17(20)25)10-21-19(23-18)27-14-7-5-13(26-2)6-8-14/h5-8,10-12,16,24H,3-4,9H2,1-2H3,(H2,20,25)(H,21,22,23)/t11-,12-,16-/m1/s1. The lowest BCUT2D eigenvalue weighted by molar-refractivity contribution is 0.0739. The number of aliphatic hydroxyl groups excluding tert-OH is 1. The van der Waals surface area contributed by atoms with E-state index in [-0.39, 0.29) is 29.6 Å². The maximum atomic E-state index is 11.7. The Kier molecular flexibility index (Phi) is 5.75. The van der Waals surface area contributed by atoms with Gasteiger partial charge in [0, 0.05) is 12.2 Å². The van der Waals surface area contributed by atoms with E-state index < -0.39 is 5.91 Å². The molecule has 27 heavy (non-hydrogen) atoms. The highest BCUT2D eigenvalue weighted by atomic mass is 16.5. The number of aliphatic hydroxyl groups is 1. The van der Waals surface area contributed by atoms with Gasteiger partial charge in [0.2, 0.25) is 0 Å². The third kappa shape index (κ3) is 4.65. The van der Waals surface area contributed by atoms with Crippen LogP contribution in [0, 0.1) is 5.92 Å². The molecule has 0 unspecified atom stereocenters. The van der Waals surface area contributed by atoms with Gasteiger partial charge >= 0.3 is 6.01 Å². The number of amides is 1. The van der Waals surface area contributed by atoms with Crippen molar-refractivity contribution < 1.29 is 19.4 Å². The van der Waals surface area contributed by atoms with Gasteiger partial charge in [-0.25, -0.2) is 4.98 Å². The highest BCUT2D eigenvalue weighted by Gasteiger charge is 2.27. The Labute approximate surface area is 157 Å². The van der Waals surface area contributed by atoms with Gasteiger partial charge in [0.15, 0.2) is 0 Å². The van der Waals surface area contributed by atoms with Crippen LogP contribution in [0.15, 0.2) is 30.5 Å². The van der Waals surface area contributed by atoms with Crippen molar-refractivity contribution in [1.29, 1.82) is 0 Å². The number of benzene rings is 1. The average molecular weight is 372 g/mol. The van der Waals surface area contributed by atoms with E-state index in [1.807, 2.05) is 6.92 Å². The Morgan fingerprint density at radius 3 is 2.59 bits per heavy atom. The van der Waals surface area contributed by atoms with Gasteiger partial charge in [-0.05, 0) is 49.4 Å². The van der Waals surface area contributed by atoms with Crippen molar-refractivity contribution in [3.8, 4) is 17.5 Å². The lowest BCUT2D eigenvalue weighted by atomic mass is 9.85. The molecular formula is C19H24N4O4. The minimum atomic E-state index is -0.627. The quantitative estimate of drug-likeness (QED) is 0.712. The lowest BCUT2D eigenvalue weighted by Gasteiger charge is -2.32. The van der Waals surface area contributed by atoms with Crippen molar-refractivity contribution in [2.45, 2.75) is 38.3 Å². The Morgan fingerprint density at radius 2 is 1.96 bits per heavy atom. The molecule has 1 heterocycles. The minimum absolute atomic E-state index is 0.00182. The number of nitrogens with two attached hydrogens (primary N) is 1. The van der Waals surface area contributed by atoms with E-state index in [0.717, 1.165) is 12.8 Å². The highest BCUT2D eigenvalue weighted by Crippen LogP contribution is 2.28. The fourth-order valence-corrected chi connectivity index (χ4v) is 3.08. The number of carbonyl (C=O) groups is 1. The molecule has 1 aliphatic rings. The van der Waals surface area contributed by atoms with Crippen LogP contribution < -0.4 is 20.5 Å². The van der Waals surface area contributed by atoms with Gasteiger partial charge in [-0.1, -0.05) is 6.92 Å². The number of hydrogen-bond donors (Lipinski definition) is 3. The van der Waals surface area contributed by atoms with Crippen molar-refractivity contribution in [3.05, 3.63) is 36.0 Å². The monoisotopic (exact) mass is 372 g/mol. The first-order valence-corrected chi connectivity index (χ1v) is 8.89. The Bertz CT molecular complexity index is 797. The van der Waals surface area contributed by atoms with Crippen molar-refractivity contribution in [2.24, 2.45) is 11.7 Å². The van der Waals surface area contributed by atoms with Gasteiger partial charge in [-0.3, -0.25) is 4.79 Å². The summed E-state index contributed by atoms with van der Waals surface area (Å²) >= 11 is 0. The molecule has 0 spiro atoms. The van der Waals surface area contributed by atoms with Gasteiger partial charge in [-0.15, -0.1) is 0 Å². The number of rotatable bonds is 6. The second-order valence-corrected chi connectivity index (χ2v) is 6.76. The van der Waals surface area contributed by atoms with Crippen LogP contribution in [0.25, 0.3) is 0 Å². The van der Waals surface area contributed by atoms with Crippen LogP contribution in [0.2, 0.25) is 0 Å². The normalized spacial score (nSPS) is 22.1. The molecule has 1 aromatic heterocycles. The molecule has 8 heteroatoms.